The molecule has 2 aromatic heterocycles. The molecule has 0 spiro atoms. The first kappa shape index (κ1) is 17.2. The molecule has 130 valence electrons. The normalized spacial score (nSPS) is 16.0. The first-order valence-corrected chi connectivity index (χ1v) is 9.12. The summed E-state index contributed by atoms with van der Waals surface area (Å²) in [6, 6.07) is 10.0. The molecule has 2 aromatic rings. The van der Waals surface area contributed by atoms with Crippen molar-refractivity contribution in [3.8, 4) is 0 Å². The number of halogens is 2. The van der Waals surface area contributed by atoms with E-state index >= 15 is 0 Å². The zero-order chi connectivity index (χ0) is 16.8. The Balaban J connectivity index is 1.40. The highest BCUT2D eigenvalue weighted by molar-refractivity contribution is 7.98. The Kier molecular flexibility index (Phi) is 6.09. The minimum Gasteiger partial charge on any atom is -0.464 e. The fourth-order valence-corrected chi connectivity index (χ4v) is 3.28. The third-order valence-corrected chi connectivity index (χ3v) is 4.81. The monoisotopic (exact) mass is 353 g/mol. The molecule has 1 saturated heterocycles. The van der Waals surface area contributed by atoms with Crippen LogP contribution in [-0.4, -0.2) is 29.9 Å². The maximum Gasteiger partial charge on any atom is 0.284 e. The number of anilines is 1. The lowest BCUT2D eigenvalue weighted by molar-refractivity contribution is 0.251. The number of aromatic nitrogens is 1. The molecule has 0 unspecified atom stereocenters. The van der Waals surface area contributed by atoms with Crippen LogP contribution in [0.2, 0.25) is 0 Å². The van der Waals surface area contributed by atoms with Gasteiger partial charge in [0.05, 0.1) is 12.3 Å². The van der Waals surface area contributed by atoms with Gasteiger partial charge < -0.3 is 14.6 Å². The maximum absolute atomic E-state index is 12.2. The van der Waals surface area contributed by atoms with E-state index in [2.05, 4.69) is 15.2 Å². The summed E-state index contributed by atoms with van der Waals surface area (Å²) in [4.78, 5) is 6.69. The molecule has 1 aliphatic heterocycles. The van der Waals surface area contributed by atoms with Crippen LogP contribution in [0.15, 0.2) is 40.9 Å². The number of nitrogens with zero attached hydrogens (tertiary/aromatic N) is 2. The highest BCUT2D eigenvalue weighted by Gasteiger charge is 2.19. The Bertz CT molecular complexity index is 615. The van der Waals surface area contributed by atoms with Crippen molar-refractivity contribution in [2.24, 2.45) is 0 Å². The van der Waals surface area contributed by atoms with Gasteiger partial charge in [0.1, 0.15) is 17.3 Å². The van der Waals surface area contributed by atoms with Crippen LogP contribution >= 0.6 is 11.8 Å². The fraction of sp³-hybridized carbons (Fsp3) is 0.471. The zero-order valence-electron chi connectivity index (χ0n) is 13.3. The Morgan fingerprint density at radius 2 is 2.00 bits per heavy atom. The molecule has 0 amide bonds. The standard InChI is InChI=1S/C17H21F2N3OS/c18-17(19)24-12-15-5-4-14(23-15)11-21-13-6-9-22(10-7-13)16-3-1-2-8-20-16/h1-5,8,13,17,21H,6-7,9-12H2. The van der Waals surface area contributed by atoms with Crippen molar-refractivity contribution in [2.45, 2.75) is 36.9 Å². The third kappa shape index (κ3) is 4.95. The Labute approximate surface area is 144 Å². The van der Waals surface area contributed by atoms with E-state index in [4.69, 9.17) is 4.42 Å². The summed E-state index contributed by atoms with van der Waals surface area (Å²) in [5.41, 5.74) is 0. The number of rotatable bonds is 7. The summed E-state index contributed by atoms with van der Waals surface area (Å²) < 4.78 is 29.9. The number of piperidine rings is 1. The van der Waals surface area contributed by atoms with Crippen molar-refractivity contribution >= 4 is 17.6 Å². The van der Waals surface area contributed by atoms with Crippen molar-refractivity contribution < 1.29 is 13.2 Å². The predicted molar refractivity (Wildman–Crippen MR) is 92.3 cm³/mol. The molecule has 1 N–H and O–H groups in total. The largest absolute Gasteiger partial charge is 0.464 e. The van der Waals surface area contributed by atoms with E-state index in [0.29, 0.717) is 30.1 Å². The quantitative estimate of drug-likeness (QED) is 0.818. The highest BCUT2D eigenvalue weighted by atomic mass is 32.2. The summed E-state index contributed by atoms with van der Waals surface area (Å²) in [6.07, 6.45) is 3.91. The topological polar surface area (TPSA) is 41.3 Å². The van der Waals surface area contributed by atoms with Gasteiger partial charge in [-0.25, -0.2) is 4.98 Å². The second-order valence-electron chi connectivity index (χ2n) is 5.77. The summed E-state index contributed by atoms with van der Waals surface area (Å²) in [5.74, 6) is 0.276. The lowest BCUT2D eigenvalue weighted by atomic mass is 10.0. The van der Waals surface area contributed by atoms with Crippen LogP contribution in [0, 0.1) is 0 Å². The molecule has 24 heavy (non-hydrogen) atoms. The van der Waals surface area contributed by atoms with E-state index < -0.39 is 5.76 Å². The molecule has 0 aromatic carbocycles. The van der Waals surface area contributed by atoms with E-state index in [1.165, 1.54) is 0 Å². The maximum atomic E-state index is 12.2. The van der Waals surface area contributed by atoms with Gasteiger partial charge in [-0.2, -0.15) is 8.78 Å². The molecule has 0 atom stereocenters. The molecule has 7 heteroatoms. The number of pyridine rings is 1. The van der Waals surface area contributed by atoms with Crippen LogP contribution in [-0.2, 0) is 12.3 Å². The number of furan rings is 1. The lowest BCUT2D eigenvalue weighted by Crippen LogP contribution is -2.42. The molecule has 1 fully saturated rings. The van der Waals surface area contributed by atoms with Gasteiger partial charge in [0.2, 0.25) is 0 Å². The minimum absolute atomic E-state index is 0.208. The van der Waals surface area contributed by atoms with Crippen LogP contribution in [0.3, 0.4) is 0 Å². The number of nitrogens with one attached hydrogen (secondary N) is 1. The van der Waals surface area contributed by atoms with Crippen LogP contribution in [0.1, 0.15) is 24.4 Å². The summed E-state index contributed by atoms with van der Waals surface area (Å²) in [7, 11) is 0. The summed E-state index contributed by atoms with van der Waals surface area (Å²) in [5, 5.41) is 3.49. The van der Waals surface area contributed by atoms with Gasteiger partial charge in [-0.15, -0.1) is 0 Å². The van der Waals surface area contributed by atoms with Gasteiger partial charge in [-0.3, -0.25) is 0 Å². The molecule has 3 heterocycles. The number of alkyl halides is 2. The van der Waals surface area contributed by atoms with Gasteiger partial charge in [0.25, 0.3) is 5.76 Å². The van der Waals surface area contributed by atoms with E-state index in [0.717, 1.165) is 37.5 Å². The van der Waals surface area contributed by atoms with Crippen molar-refractivity contribution in [1.29, 1.82) is 0 Å². The smallest absolute Gasteiger partial charge is 0.284 e. The van der Waals surface area contributed by atoms with Gasteiger partial charge in [0.15, 0.2) is 0 Å². The van der Waals surface area contributed by atoms with E-state index in [9.17, 15) is 8.78 Å². The van der Waals surface area contributed by atoms with E-state index in [1.54, 1.807) is 6.07 Å². The average Bonchev–Trinajstić information content (AvgIpc) is 3.07. The molecule has 4 nitrogen and oxygen atoms in total. The second-order valence-corrected chi connectivity index (χ2v) is 6.75. The van der Waals surface area contributed by atoms with Gasteiger partial charge >= 0.3 is 0 Å². The van der Waals surface area contributed by atoms with E-state index in [1.807, 2.05) is 30.5 Å². The Morgan fingerprint density at radius 3 is 2.71 bits per heavy atom. The summed E-state index contributed by atoms with van der Waals surface area (Å²) >= 11 is 0.583. The molecule has 0 saturated carbocycles. The average molecular weight is 353 g/mol. The fourth-order valence-electron chi connectivity index (χ4n) is 2.84. The number of hydrogen-bond acceptors (Lipinski definition) is 5. The molecule has 0 radical (unpaired) electrons. The van der Waals surface area contributed by atoms with Crippen molar-refractivity contribution in [2.75, 3.05) is 18.0 Å². The zero-order valence-corrected chi connectivity index (χ0v) is 14.1. The van der Waals surface area contributed by atoms with Crippen LogP contribution in [0.5, 0.6) is 0 Å². The van der Waals surface area contributed by atoms with E-state index in [-0.39, 0.29) is 5.75 Å². The van der Waals surface area contributed by atoms with Crippen LogP contribution < -0.4 is 10.2 Å². The molecule has 1 aliphatic rings. The number of thioether (sulfide) groups is 1. The number of hydrogen-bond donors (Lipinski definition) is 1. The first-order valence-electron chi connectivity index (χ1n) is 8.07. The highest BCUT2D eigenvalue weighted by Crippen LogP contribution is 2.22. The van der Waals surface area contributed by atoms with Crippen LogP contribution in [0.4, 0.5) is 14.6 Å². The first-order chi connectivity index (χ1) is 11.7. The van der Waals surface area contributed by atoms with Crippen molar-refractivity contribution in [3.63, 3.8) is 0 Å². The van der Waals surface area contributed by atoms with Crippen molar-refractivity contribution in [1.82, 2.24) is 10.3 Å². The van der Waals surface area contributed by atoms with Gasteiger partial charge in [0, 0.05) is 25.3 Å². The Morgan fingerprint density at radius 1 is 1.21 bits per heavy atom. The third-order valence-electron chi connectivity index (χ3n) is 4.10. The van der Waals surface area contributed by atoms with Crippen LogP contribution in [0.25, 0.3) is 0 Å². The van der Waals surface area contributed by atoms with Crippen molar-refractivity contribution in [3.05, 3.63) is 48.0 Å². The molecule has 0 bridgehead atoms. The van der Waals surface area contributed by atoms with Gasteiger partial charge in [-0.1, -0.05) is 17.8 Å². The minimum atomic E-state index is -2.36. The molecular weight excluding hydrogens is 332 g/mol. The second kappa shape index (κ2) is 8.48. The molecule has 3 rings (SSSR count). The molecule has 0 aliphatic carbocycles. The Hall–Kier alpha value is -1.60. The SMILES string of the molecule is FC(F)SCc1ccc(CNC2CCN(c3ccccn3)CC2)o1. The van der Waals surface area contributed by atoms with Gasteiger partial charge in [-0.05, 0) is 37.1 Å². The molecular formula is C17H21F2N3OS. The summed E-state index contributed by atoms with van der Waals surface area (Å²) in [6.45, 7) is 2.58. The predicted octanol–water partition coefficient (Wildman–Crippen LogP) is 3.89. The lowest BCUT2D eigenvalue weighted by Gasteiger charge is -2.33.